The molecule has 0 spiro atoms. The van der Waals surface area contributed by atoms with Crippen molar-refractivity contribution in [3.8, 4) is 0 Å². The standard InChI is InChI=1S/C14H17NO/c1-9(2)14-8-12(14)10-6-4-5-7-11(10)13(16)15(14)3/h4-7,9,12H,8H2,1-3H3/t12-,14+/m1/s1. The van der Waals surface area contributed by atoms with E-state index in [1.54, 1.807) is 0 Å². The molecule has 1 aliphatic heterocycles. The van der Waals surface area contributed by atoms with E-state index in [2.05, 4.69) is 19.9 Å². The number of carbonyl (C=O) groups excluding carboxylic acids is 1. The Kier molecular flexibility index (Phi) is 1.78. The summed E-state index contributed by atoms with van der Waals surface area (Å²) in [6, 6.07) is 8.07. The van der Waals surface area contributed by atoms with Gasteiger partial charge in [0.25, 0.3) is 5.91 Å². The van der Waals surface area contributed by atoms with Gasteiger partial charge in [-0.05, 0) is 24.0 Å². The molecule has 84 valence electrons. The molecule has 2 aliphatic rings. The second-order valence-electron chi connectivity index (χ2n) is 5.35. The van der Waals surface area contributed by atoms with Crippen molar-refractivity contribution < 1.29 is 4.79 Å². The summed E-state index contributed by atoms with van der Waals surface area (Å²) < 4.78 is 0. The monoisotopic (exact) mass is 215 g/mol. The minimum absolute atomic E-state index is 0.103. The fourth-order valence-corrected chi connectivity index (χ4v) is 3.41. The van der Waals surface area contributed by atoms with Crippen LogP contribution in [0.15, 0.2) is 24.3 Å². The van der Waals surface area contributed by atoms with Crippen LogP contribution in [0, 0.1) is 5.92 Å². The molecular formula is C14H17NO. The highest BCUT2D eigenvalue weighted by atomic mass is 16.2. The van der Waals surface area contributed by atoms with E-state index in [4.69, 9.17) is 0 Å². The van der Waals surface area contributed by atoms with Gasteiger partial charge in [0.05, 0.1) is 5.54 Å². The van der Waals surface area contributed by atoms with Crippen LogP contribution in [-0.2, 0) is 0 Å². The van der Waals surface area contributed by atoms with Crippen LogP contribution in [0.25, 0.3) is 0 Å². The van der Waals surface area contributed by atoms with Crippen LogP contribution in [-0.4, -0.2) is 23.4 Å². The number of rotatable bonds is 1. The van der Waals surface area contributed by atoms with E-state index in [1.165, 1.54) is 5.56 Å². The molecule has 0 radical (unpaired) electrons. The lowest BCUT2D eigenvalue weighted by molar-refractivity contribution is 0.0622. The molecule has 16 heavy (non-hydrogen) atoms. The van der Waals surface area contributed by atoms with Gasteiger partial charge in [-0.3, -0.25) is 4.79 Å². The summed E-state index contributed by atoms with van der Waals surface area (Å²) in [5.74, 6) is 1.28. The largest absolute Gasteiger partial charge is 0.335 e. The van der Waals surface area contributed by atoms with Crippen LogP contribution >= 0.6 is 0 Å². The third kappa shape index (κ3) is 0.952. The molecule has 0 bridgehead atoms. The summed E-state index contributed by atoms with van der Waals surface area (Å²) in [6.45, 7) is 4.44. The van der Waals surface area contributed by atoms with E-state index >= 15 is 0 Å². The van der Waals surface area contributed by atoms with E-state index in [9.17, 15) is 4.79 Å². The third-order valence-electron chi connectivity index (χ3n) is 4.47. The van der Waals surface area contributed by atoms with Gasteiger partial charge in [0.15, 0.2) is 0 Å². The maximum atomic E-state index is 12.3. The lowest BCUT2D eigenvalue weighted by Crippen LogP contribution is -2.46. The van der Waals surface area contributed by atoms with Crippen molar-refractivity contribution in [2.24, 2.45) is 5.92 Å². The zero-order chi connectivity index (χ0) is 11.5. The van der Waals surface area contributed by atoms with Crippen LogP contribution in [0.4, 0.5) is 0 Å². The molecule has 0 N–H and O–H groups in total. The predicted molar refractivity (Wildman–Crippen MR) is 63.5 cm³/mol. The maximum Gasteiger partial charge on any atom is 0.254 e. The van der Waals surface area contributed by atoms with Gasteiger partial charge in [-0.2, -0.15) is 0 Å². The molecular weight excluding hydrogens is 198 g/mol. The molecule has 2 nitrogen and oxygen atoms in total. The molecule has 0 unspecified atom stereocenters. The van der Waals surface area contributed by atoms with Gasteiger partial charge in [0.2, 0.25) is 0 Å². The molecule has 2 heteroatoms. The molecule has 1 aromatic carbocycles. The Labute approximate surface area is 96.3 Å². The van der Waals surface area contributed by atoms with Gasteiger partial charge >= 0.3 is 0 Å². The highest BCUT2D eigenvalue weighted by Gasteiger charge is 2.64. The summed E-state index contributed by atoms with van der Waals surface area (Å²) in [7, 11) is 1.96. The molecule has 1 saturated carbocycles. The number of hydrogen-bond acceptors (Lipinski definition) is 1. The smallest absolute Gasteiger partial charge is 0.254 e. The third-order valence-corrected chi connectivity index (χ3v) is 4.47. The van der Waals surface area contributed by atoms with Crippen molar-refractivity contribution in [2.45, 2.75) is 31.7 Å². The predicted octanol–water partition coefficient (Wildman–Crippen LogP) is 2.65. The van der Waals surface area contributed by atoms with Gasteiger partial charge in [-0.25, -0.2) is 0 Å². The van der Waals surface area contributed by atoms with E-state index in [1.807, 2.05) is 30.1 Å². The van der Waals surface area contributed by atoms with Gasteiger partial charge < -0.3 is 4.90 Å². The first-order chi connectivity index (χ1) is 7.59. The Morgan fingerprint density at radius 1 is 1.38 bits per heavy atom. The number of likely N-dealkylation sites (N-methyl/N-ethyl adjacent to an activating group) is 1. The first kappa shape index (κ1) is 9.88. The molecule has 0 saturated heterocycles. The lowest BCUT2D eigenvalue weighted by Gasteiger charge is -2.37. The highest BCUT2D eigenvalue weighted by Crippen LogP contribution is 2.62. The van der Waals surface area contributed by atoms with E-state index < -0.39 is 0 Å². The Balaban J connectivity index is 2.16. The van der Waals surface area contributed by atoms with Crippen molar-refractivity contribution in [1.82, 2.24) is 4.90 Å². The number of benzene rings is 1. The maximum absolute atomic E-state index is 12.3. The molecule has 1 aromatic rings. The minimum atomic E-state index is 0.103. The highest BCUT2D eigenvalue weighted by molar-refractivity contribution is 5.98. The average Bonchev–Trinajstić information content (AvgIpc) is 3.03. The van der Waals surface area contributed by atoms with Crippen molar-refractivity contribution in [3.63, 3.8) is 0 Å². The summed E-state index contributed by atoms with van der Waals surface area (Å²) >= 11 is 0. The fraction of sp³-hybridized carbons (Fsp3) is 0.500. The SMILES string of the molecule is CC(C)[C@@]12C[C@@H]1c1ccccc1C(=O)N2C. The summed E-state index contributed by atoms with van der Waals surface area (Å²) in [5.41, 5.74) is 2.27. The Bertz CT molecular complexity index is 466. The van der Waals surface area contributed by atoms with E-state index in [-0.39, 0.29) is 11.4 Å². The van der Waals surface area contributed by atoms with Crippen molar-refractivity contribution in [3.05, 3.63) is 35.4 Å². The quantitative estimate of drug-likeness (QED) is 0.705. The molecule has 1 aliphatic carbocycles. The zero-order valence-corrected chi connectivity index (χ0v) is 10.0. The molecule has 3 rings (SSSR count). The number of hydrogen-bond donors (Lipinski definition) is 0. The van der Waals surface area contributed by atoms with Gasteiger partial charge in [0, 0.05) is 18.5 Å². The fourth-order valence-electron chi connectivity index (χ4n) is 3.41. The van der Waals surface area contributed by atoms with Crippen LogP contribution in [0.2, 0.25) is 0 Å². The van der Waals surface area contributed by atoms with Crippen LogP contribution in [0.5, 0.6) is 0 Å². The molecule has 2 atom stereocenters. The van der Waals surface area contributed by atoms with Crippen molar-refractivity contribution >= 4 is 5.91 Å². The summed E-state index contributed by atoms with van der Waals surface area (Å²) in [4.78, 5) is 14.3. The number of amides is 1. The first-order valence-corrected chi connectivity index (χ1v) is 5.96. The average molecular weight is 215 g/mol. The number of nitrogens with zero attached hydrogens (tertiary/aromatic N) is 1. The normalized spacial score (nSPS) is 31.4. The topological polar surface area (TPSA) is 20.3 Å². The van der Waals surface area contributed by atoms with Gasteiger partial charge in [0.1, 0.15) is 0 Å². The number of carbonyl (C=O) groups is 1. The van der Waals surface area contributed by atoms with Crippen molar-refractivity contribution in [2.75, 3.05) is 7.05 Å². The van der Waals surface area contributed by atoms with E-state index in [0.29, 0.717) is 11.8 Å². The van der Waals surface area contributed by atoms with E-state index in [0.717, 1.165) is 12.0 Å². The minimum Gasteiger partial charge on any atom is -0.335 e. The summed E-state index contributed by atoms with van der Waals surface area (Å²) in [6.07, 6.45) is 1.13. The first-order valence-electron chi connectivity index (χ1n) is 5.96. The lowest BCUT2D eigenvalue weighted by atomic mass is 9.88. The Morgan fingerprint density at radius 3 is 2.75 bits per heavy atom. The Morgan fingerprint density at radius 2 is 2.06 bits per heavy atom. The van der Waals surface area contributed by atoms with Gasteiger partial charge in [-0.15, -0.1) is 0 Å². The second-order valence-corrected chi connectivity index (χ2v) is 5.35. The zero-order valence-electron chi connectivity index (χ0n) is 10.0. The van der Waals surface area contributed by atoms with Gasteiger partial charge in [-0.1, -0.05) is 32.0 Å². The summed E-state index contributed by atoms with van der Waals surface area (Å²) in [5, 5.41) is 0. The second kappa shape index (κ2) is 2.88. The van der Waals surface area contributed by atoms with Crippen LogP contribution in [0.1, 0.15) is 42.1 Å². The Hall–Kier alpha value is -1.31. The molecule has 1 amide bonds. The number of fused-ring (bicyclic) bond motifs is 3. The van der Waals surface area contributed by atoms with Crippen LogP contribution in [0.3, 0.4) is 0 Å². The van der Waals surface area contributed by atoms with Crippen molar-refractivity contribution in [1.29, 1.82) is 0 Å². The molecule has 1 fully saturated rings. The van der Waals surface area contributed by atoms with Crippen LogP contribution < -0.4 is 0 Å². The molecule has 1 heterocycles. The molecule has 0 aromatic heterocycles.